The topological polar surface area (TPSA) is 104 Å². The molecule has 0 bridgehead atoms. The number of imide groups is 2. The lowest BCUT2D eigenvalue weighted by Gasteiger charge is -2.16. The number of unbranched alkanes of at least 4 members (excludes halogenated alkanes) is 7. The number of rotatable bonds is 17. The van der Waals surface area contributed by atoms with Crippen molar-refractivity contribution in [3.8, 4) is 0 Å². The number of hydrogen-bond acceptors (Lipinski definition) is 7. The van der Waals surface area contributed by atoms with Gasteiger partial charge in [-0.25, -0.2) is 0 Å². The first-order valence-corrected chi connectivity index (χ1v) is 14.6. The minimum Gasteiger partial charge on any atom is -0.347 e. The fourth-order valence-corrected chi connectivity index (χ4v) is 6.31. The Bertz CT molecular complexity index is 733. The van der Waals surface area contributed by atoms with Crippen molar-refractivity contribution in [2.24, 2.45) is 0 Å². The highest BCUT2D eigenvalue weighted by Gasteiger charge is 2.39. The zero-order valence-corrected chi connectivity index (χ0v) is 22.1. The van der Waals surface area contributed by atoms with Crippen LogP contribution in [0.3, 0.4) is 0 Å². The Morgan fingerprint density at radius 2 is 1.29 bits per heavy atom. The van der Waals surface area contributed by atoms with Crippen LogP contribution in [0.4, 0.5) is 0 Å². The maximum absolute atomic E-state index is 12.6. The highest BCUT2D eigenvalue weighted by molar-refractivity contribution is 8.00. The Kier molecular flexibility index (Phi) is 13.0. The van der Waals surface area contributed by atoms with E-state index in [1.165, 1.54) is 54.2 Å². The van der Waals surface area contributed by atoms with E-state index < -0.39 is 5.25 Å². The van der Waals surface area contributed by atoms with Crippen LogP contribution in [0.5, 0.6) is 0 Å². The predicted molar refractivity (Wildman–Crippen MR) is 136 cm³/mol. The van der Waals surface area contributed by atoms with Crippen molar-refractivity contribution in [3.05, 3.63) is 0 Å². The molecule has 0 aromatic rings. The van der Waals surface area contributed by atoms with Gasteiger partial charge in [0.25, 0.3) is 0 Å². The summed E-state index contributed by atoms with van der Waals surface area (Å²) >= 11 is 2.91. The van der Waals surface area contributed by atoms with Gasteiger partial charge in [-0.3, -0.25) is 33.8 Å². The molecule has 0 saturated carbocycles. The Morgan fingerprint density at radius 1 is 0.794 bits per heavy atom. The van der Waals surface area contributed by atoms with Crippen LogP contribution in [0.15, 0.2) is 0 Å². The third-order valence-corrected chi connectivity index (χ3v) is 8.47. The van der Waals surface area contributed by atoms with Gasteiger partial charge in [-0.1, -0.05) is 45.4 Å². The average Bonchev–Trinajstić information content (AvgIpc) is 3.21. The lowest BCUT2D eigenvalue weighted by molar-refractivity contribution is -0.140. The molecular formula is C24H39N3O5S2. The number of thioether (sulfide) groups is 2. The molecule has 2 unspecified atom stereocenters. The SMILES string of the molecule is CCCCCCCSC1CC(=O)N(CCCCCCN2C(=O)CC(SCNC(C)=O)C2=O)C1=O. The van der Waals surface area contributed by atoms with Gasteiger partial charge in [0, 0.05) is 32.9 Å². The average molecular weight is 514 g/mol. The van der Waals surface area contributed by atoms with Crippen LogP contribution in [0, 0.1) is 0 Å². The summed E-state index contributed by atoms with van der Waals surface area (Å²) < 4.78 is 0. The normalized spacial score (nSPS) is 20.6. The second-order valence-electron chi connectivity index (χ2n) is 8.90. The molecule has 2 heterocycles. The Morgan fingerprint density at radius 3 is 1.82 bits per heavy atom. The van der Waals surface area contributed by atoms with Crippen LogP contribution < -0.4 is 5.32 Å². The summed E-state index contributed by atoms with van der Waals surface area (Å²) in [6.07, 6.45) is 9.59. The molecule has 10 heteroatoms. The molecule has 34 heavy (non-hydrogen) atoms. The largest absolute Gasteiger partial charge is 0.347 e. The zero-order chi connectivity index (χ0) is 24.9. The van der Waals surface area contributed by atoms with E-state index in [1.54, 1.807) is 11.8 Å². The van der Waals surface area contributed by atoms with Crippen molar-refractivity contribution in [2.75, 3.05) is 24.7 Å². The number of carbonyl (C=O) groups is 5. The maximum Gasteiger partial charge on any atom is 0.242 e. The summed E-state index contributed by atoms with van der Waals surface area (Å²) in [7, 11) is 0. The lowest BCUT2D eigenvalue weighted by atomic mass is 10.2. The lowest BCUT2D eigenvalue weighted by Crippen LogP contribution is -2.33. The molecule has 0 radical (unpaired) electrons. The number of nitrogens with zero attached hydrogens (tertiary/aromatic N) is 2. The minimum atomic E-state index is -0.423. The molecule has 0 aromatic heterocycles. The van der Waals surface area contributed by atoms with E-state index in [2.05, 4.69) is 12.2 Å². The fourth-order valence-electron chi connectivity index (χ4n) is 4.10. The molecule has 1 N–H and O–H groups in total. The number of carbonyl (C=O) groups excluding carboxylic acids is 5. The summed E-state index contributed by atoms with van der Waals surface area (Å²) in [6, 6.07) is 0. The molecule has 2 saturated heterocycles. The molecular weight excluding hydrogens is 474 g/mol. The van der Waals surface area contributed by atoms with Crippen molar-refractivity contribution in [1.82, 2.24) is 15.1 Å². The molecule has 8 nitrogen and oxygen atoms in total. The Labute approximate surface area is 211 Å². The van der Waals surface area contributed by atoms with Gasteiger partial charge in [0.2, 0.25) is 29.5 Å². The first-order chi connectivity index (χ1) is 16.3. The molecule has 5 amide bonds. The van der Waals surface area contributed by atoms with E-state index in [9.17, 15) is 24.0 Å². The van der Waals surface area contributed by atoms with E-state index in [4.69, 9.17) is 0 Å². The summed E-state index contributed by atoms with van der Waals surface area (Å²) in [6.45, 7) is 4.45. The van der Waals surface area contributed by atoms with Crippen molar-refractivity contribution >= 4 is 53.1 Å². The smallest absolute Gasteiger partial charge is 0.242 e. The van der Waals surface area contributed by atoms with Crippen LogP contribution in [0.2, 0.25) is 0 Å². The Hall–Kier alpha value is -1.55. The van der Waals surface area contributed by atoms with Crippen molar-refractivity contribution in [3.63, 3.8) is 0 Å². The molecule has 2 aliphatic rings. The van der Waals surface area contributed by atoms with Gasteiger partial charge in [0.15, 0.2) is 0 Å². The highest BCUT2D eigenvalue weighted by atomic mass is 32.2. The van der Waals surface area contributed by atoms with Crippen LogP contribution in [0.1, 0.15) is 84.5 Å². The molecule has 2 atom stereocenters. The van der Waals surface area contributed by atoms with Crippen LogP contribution in [0.25, 0.3) is 0 Å². The van der Waals surface area contributed by atoms with E-state index >= 15 is 0 Å². The first-order valence-electron chi connectivity index (χ1n) is 12.5. The summed E-state index contributed by atoms with van der Waals surface area (Å²) in [5.74, 6) is 0.644. The third-order valence-electron chi connectivity index (χ3n) is 6.09. The van der Waals surface area contributed by atoms with Crippen LogP contribution in [-0.2, 0) is 24.0 Å². The van der Waals surface area contributed by atoms with Gasteiger partial charge >= 0.3 is 0 Å². The maximum atomic E-state index is 12.6. The number of hydrogen-bond donors (Lipinski definition) is 1. The third kappa shape index (κ3) is 9.24. The predicted octanol–water partition coefficient (Wildman–Crippen LogP) is 3.33. The van der Waals surface area contributed by atoms with Gasteiger partial charge in [-0.2, -0.15) is 0 Å². The molecule has 2 fully saturated rings. The van der Waals surface area contributed by atoms with E-state index in [0.29, 0.717) is 31.8 Å². The molecule has 0 aliphatic carbocycles. The van der Waals surface area contributed by atoms with Gasteiger partial charge < -0.3 is 5.32 Å². The standard InChI is InChI=1S/C24H39N3O5S2/c1-3-4-5-8-11-14-33-19-15-21(29)26(23(19)31)12-9-6-7-10-13-27-22(30)16-20(24(27)32)34-17-25-18(2)28/h19-20H,3-17H2,1-2H3,(H,25,28). The van der Waals surface area contributed by atoms with Crippen molar-refractivity contribution in [1.29, 1.82) is 0 Å². The second kappa shape index (κ2) is 15.4. The second-order valence-corrected chi connectivity index (χ2v) is 11.4. The molecule has 0 aromatic carbocycles. The van der Waals surface area contributed by atoms with Crippen molar-refractivity contribution in [2.45, 2.75) is 95.0 Å². The Balaban J connectivity index is 1.58. The minimum absolute atomic E-state index is 0.0420. The van der Waals surface area contributed by atoms with Gasteiger partial charge in [-0.15, -0.1) is 23.5 Å². The number of amides is 5. The summed E-state index contributed by atoms with van der Waals surface area (Å²) in [5, 5.41) is 1.99. The van der Waals surface area contributed by atoms with E-state index in [1.807, 2.05) is 0 Å². The van der Waals surface area contributed by atoms with Gasteiger partial charge in [-0.05, 0) is 25.0 Å². The molecule has 0 spiro atoms. The summed E-state index contributed by atoms with van der Waals surface area (Å²) in [5.41, 5.74) is 0. The highest BCUT2D eigenvalue weighted by Crippen LogP contribution is 2.27. The van der Waals surface area contributed by atoms with Crippen molar-refractivity contribution < 1.29 is 24.0 Å². The molecule has 2 rings (SSSR count). The molecule has 2 aliphatic heterocycles. The summed E-state index contributed by atoms with van der Waals surface area (Å²) in [4.78, 5) is 63.1. The quantitative estimate of drug-likeness (QED) is 0.181. The van der Waals surface area contributed by atoms with Gasteiger partial charge in [0.05, 0.1) is 16.4 Å². The molecule has 192 valence electrons. The van der Waals surface area contributed by atoms with E-state index in [-0.39, 0.29) is 41.2 Å². The zero-order valence-electron chi connectivity index (χ0n) is 20.5. The van der Waals surface area contributed by atoms with Crippen LogP contribution >= 0.6 is 23.5 Å². The fraction of sp³-hybridized carbons (Fsp3) is 0.792. The number of likely N-dealkylation sites (tertiary alicyclic amines) is 2. The van der Waals surface area contributed by atoms with Crippen LogP contribution in [-0.4, -0.2) is 74.6 Å². The van der Waals surface area contributed by atoms with E-state index in [0.717, 1.165) is 31.4 Å². The first kappa shape index (κ1) is 28.7. The number of nitrogens with one attached hydrogen (secondary N) is 1. The monoisotopic (exact) mass is 513 g/mol. The van der Waals surface area contributed by atoms with Gasteiger partial charge in [0.1, 0.15) is 0 Å².